The van der Waals surface area contributed by atoms with Crippen LogP contribution in [0.4, 0.5) is 4.39 Å². The summed E-state index contributed by atoms with van der Waals surface area (Å²) in [5.41, 5.74) is 1.08. The van der Waals surface area contributed by atoms with Crippen molar-refractivity contribution in [2.24, 2.45) is 5.92 Å². The lowest BCUT2D eigenvalue weighted by Crippen LogP contribution is -2.07. The van der Waals surface area contributed by atoms with Crippen molar-refractivity contribution in [1.29, 1.82) is 0 Å². The molecule has 102 valence electrons. The number of hydrogen-bond acceptors (Lipinski definition) is 1. The van der Waals surface area contributed by atoms with Gasteiger partial charge in [0.25, 0.3) is 0 Å². The minimum Gasteiger partial charge on any atom is -0.381 e. The van der Waals surface area contributed by atoms with Gasteiger partial charge in [0.15, 0.2) is 0 Å². The number of benzene rings is 1. The summed E-state index contributed by atoms with van der Waals surface area (Å²) in [6, 6.07) is 6.57. The normalized spacial score (nSPS) is 12.9. The van der Waals surface area contributed by atoms with Crippen molar-refractivity contribution in [1.82, 2.24) is 0 Å². The van der Waals surface area contributed by atoms with Crippen LogP contribution in [-0.4, -0.2) is 19.1 Å². The van der Waals surface area contributed by atoms with Crippen LogP contribution in [0.25, 0.3) is 0 Å². The number of hydrogen-bond donors (Lipinski definition) is 0. The van der Waals surface area contributed by atoms with Gasteiger partial charge in [-0.05, 0) is 42.4 Å². The van der Waals surface area contributed by atoms with Crippen LogP contribution in [0.15, 0.2) is 24.3 Å². The molecule has 0 saturated carbocycles. The summed E-state index contributed by atoms with van der Waals surface area (Å²) >= 11 is 5.96. The Bertz CT molecular complexity index is 324. The van der Waals surface area contributed by atoms with Gasteiger partial charge < -0.3 is 4.74 Å². The van der Waals surface area contributed by atoms with Crippen molar-refractivity contribution in [3.8, 4) is 0 Å². The predicted molar refractivity (Wildman–Crippen MR) is 74.8 cm³/mol. The Hall–Kier alpha value is -0.600. The van der Waals surface area contributed by atoms with Crippen molar-refractivity contribution < 1.29 is 9.13 Å². The molecule has 0 saturated heterocycles. The molecular formula is C15H22ClFO. The van der Waals surface area contributed by atoms with Crippen LogP contribution in [-0.2, 0) is 4.74 Å². The van der Waals surface area contributed by atoms with E-state index in [-0.39, 0.29) is 11.7 Å². The van der Waals surface area contributed by atoms with Crippen LogP contribution in [0.5, 0.6) is 0 Å². The average Bonchev–Trinajstić information content (AvgIpc) is 2.35. The molecule has 0 N–H and O–H groups in total. The standard InChI is InChI=1S/C15H22ClFO/c1-12(2)7-9-18-10-8-14(11-16)13-3-5-15(17)6-4-13/h3-6,12,14H,7-11H2,1-2H3. The molecule has 0 amide bonds. The molecule has 0 heterocycles. The molecule has 0 aliphatic heterocycles. The molecule has 1 atom stereocenters. The Labute approximate surface area is 114 Å². The van der Waals surface area contributed by atoms with Gasteiger partial charge in [0.1, 0.15) is 5.82 Å². The van der Waals surface area contributed by atoms with E-state index in [0.29, 0.717) is 18.4 Å². The second-order valence-electron chi connectivity index (χ2n) is 4.99. The number of alkyl halides is 1. The van der Waals surface area contributed by atoms with E-state index >= 15 is 0 Å². The number of rotatable bonds is 8. The van der Waals surface area contributed by atoms with E-state index in [9.17, 15) is 4.39 Å². The molecule has 0 bridgehead atoms. The highest BCUT2D eigenvalue weighted by Gasteiger charge is 2.10. The molecule has 0 radical (unpaired) electrons. The molecule has 18 heavy (non-hydrogen) atoms. The summed E-state index contributed by atoms with van der Waals surface area (Å²) < 4.78 is 18.4. The Morgan fingerprint density at radius 3 is 2.28 bits per heavy atom. The summed E-state index contributed by atoms with van der Waals surface area (Å²) in [5.74, 6) is 1.25. The highest BCUT2D eigenvalue weighted by molar-refractivity contribution is 6.18. The summed E-state index contributed by atoms with van der Waals surface area (Å²) in [6.45, 7) is 5.88. The topological polar surface area (TPSA) is 9.23 Å². The van der Waals surface area contributed by atoms with E-state index in [2.05, 4.69) is 13.8 Å². The molecule has 0 aliphatic rings. The van der Waals surface area contributed by atoms with Crippen LogP contribution < -0.4 is 0 Å². The molecule has 1 nitrogen and oxygen atoms in total. The fourth-order valence-electron chi connectivity index (χ4n) is 1.71. The molecule has 1 unspecified atom stereocenters. The Morgan fingerprint density at radius 1 is 1.11 bits per heavy atom. The molecule has 1 aromatic carbocycles. The van der Waals surface area contributed by atoms with Gasteiger partial charge in [-0.25, -0.2) is 4.39 Å². The van der Waals surface area contributed by atoms with Gasteiger partial charge in [-0.3, -0.25) is 0 Å². The highest BCUT2D eigenvalue weighted by Crippen LogP contribution is 2.21. The van der Waals surface area contributed by atoms with Crippen LogP contribution in [0.3, 0.4) is 0 Å². The zero-order valence-electron chi connectivity index (χ0n) is 11.2. The van der Waals surface area contributed by atoms with E-state index in [1.807, 2.05) is 0 Å². The minimum absolute atomic E-state index is 0.208. The fourth-order valence-corrected chi connectivity index (χ4v) is 2.05. The molecule has 1 aromatic rings. The predicted octanol–water partition coefficient (Wildman–Crippen LogP) is 4.60. The Morgan fingerprint density at radius 2 is 1.72 bits per heavy atom. The van der Waals surface area contributed by atoms with Crippen molar-refractivity contribution in [2.45, 2.75) is 32.6 Å². The first-order chi connectivity index (χ1) is 8.63. The quantitative estimate of drug-likeness (QED) is 0.496. The zero-order valence-corrected chi connectivity index (χ0v) is 11.9. The van der Waals surface area contributed by atoms with Gasteiger partial charge in [-0.1, -0.05) is 26.0 Å². The maximum Gasteiger partial charge on any atom is 0.123 e. The van der Waals surface area contributed by atoms with Crippen LogP contribution in [0, 0.1) is 11.7 Å². The lowest BCUT2D eigenvalue weighted by atomic mass is 9.98. The second kappa shape index (κ2) is 8.49. The van der Waals surface area contributed by atoms with Gasteiger partial charge in [-0.2, -0.15) is 0 Å². The zero-order chi connectivity index (χ0) is 13.4. The van der Waals surface area contributed by atoms with Gasteiger partial charge in [0, 0.05) is 19.1 Å². The van der Waals surface area contributed by atoms with Crippen molar-refractivity contribution in [2.75, 3.05) is 19.1 Å². The largest absolute Gasteiger partial charge is 0.381 e. The second-order valence-corrected chi connectivity index (χ2v) is 5.29. The third-order valence-electron chi connectivity index (χ3n) is 2.98. The molecular weight excluding hydrogens is 251 g/mol. The van der Waals surface area contributed by atoms with Gasteiger partial charge >= 0.3 is 0 Å². The summed E-state index contributed by atoms with van der Waals surface area (Å²) in [7, 11) is 0. The lowest BCUT2D eigenvalue weighted by Gasteiger charge is -2.14. The minimum atomic E-state index is -0.208. The number of halogens is 2. The highest BCUT2D eigenvalue weighted by atomic mass is 35.5. The fraction of sp³-hybridized carbons (Fsp3) is 0.600. The van der Waals surface area contributed by atoms with Gasteiger partial charge in [0.05, 0.1) is 0 Å². The third-order valence-corrected chi connectivity index (χ3v) is 3.35. The molecule has 3 heteroatoms. The third kappa shape index (κ3) is 5.83. The van der Waals surface area contributed by atoms with Crippen molar-refractivity contribution in [3.05, 3.63) is 35.6 Å². The van der Waals surface area contributed by atoms with E-state index < -0.39 is 0 Å². The Kier molecular flexibility index (Phi) is 7.29. The lowest BCUT2D eigenvalue weighted by molar-refractivity contribution is 0.118. The van der Waals surface area contributed by atoms with Crippen molar-refractivity contribution in [3.63, 3.8) is 0 Å². The maximum absolute atomic E-state index is 12.8. The van der Waals surface area contributed by atoms with E-state index in [0.717, 1.165) is 25.0 Å². The van der Waals surface area contributed by atoms with Gasteiger partial charge in [-0.15, -0.1) is 11.6 Å². The van der Waals surface area contributed by atoms with E-state index in [4.69, 9.17) is 16.3 Å². The SMILES string of the molecule is CC(C)CCOCCC(CCl)c1ccc(F)cc1. The first-order valence-corrected chi connectivity index (χ1v) is 7.06. The van der Waals surface area contributed by atoms with Crippen LogP contribution in [0.1, 0.15) is 38.2 Å². The average molecular weight is 273 g/mol. The first-order valence-electron chi connectivity index (χ1n) is 6.52. The van der Waals surface area contributed by atoms with Gasteiger partial charge in [0.2, 0.25) is 0 Å². The maximum atomic E-state index is 12.8. The Balaban J connectivity index is 2.31. The summed E-state index contributed by atoms with van der Waals surface area (Å²) in [6.07, 6.45) is 1.97. The van der Waals surface area contributed by atoms with Crippen LogP contribution >= 0.6 is 11.6 Å². The van der Waals surface area contributed by atoms with E-state index in [1.165, 1.54) is 12.1 Å². The molecule has 0 fully saturated rings. The van der Waals surface area contributed by atoms with Crippen molar-refractivity contribution >= 4 is 11.6 Å². The number of ether oxygens (including phenoxy) is 1. The summed E-state index contributed by atoms with van der Waals surface area (Å²) in [4.78, 5) is 0. The first kappa shape index (κ1) is 15.5. The van der Waals surface area contributed by atoms with Crippen LogP contribution in [0.2, 0.25) is 0 Å². The molecule has 0 aromatic heterocycles. The monoisotopic (exact) mass is 272 g/mol. The smallest absolute Gasteiger partial charge is 0.123 e. The molecule has 1 rings (SSSR count). The molecule has 0 aliphatic carbocycles. The summed E-state index contributed by atoms with van der Waals surface area (Å²) in [5, 5.41) is 0. The molecule has 0 spiro atoms. The van der Waals surface area contributed by atoms with E-state index in [1.54, 1.807) is 12.1 Å².